The van der Waals surface area contributed by atoms with Gasteiger partial charge in [-0.2, -0.15) is 0 Å². The van der Waals surface area contributed by atoms with E-state index in [0.717, 1.165) is 18.4 Å². The molecule has 0 saturated heterocycles. The van der Waals surface area contributed by atoms with E-state index >= 15 is 0 Å². The molecule has 4 heteroatoms. The molecule has 0 radical (unpaired) electrons. The van der Waals surface area contributed by atoms with Gasteiger partial charge in [-0.25, -0.2) is 0 Å². The monoisotopic (exact) mass is 301 g/mol. The molecule has 1 N–H and O–H groups in total. The SMILES string of the molecule is CCC(CC)(CCl)CNC(=O)c1ccc(C)c(Cl)c1. The zero-order valence-electron chi connectivity index (χ0n) is 11.7. The molecule has 1 aromatic rings. The van der Waals surface area contributed by atoms with Gasteiger partial charge in [0.25, 0.3) is 5.91 Å². The van der Waals surface area contributed by atoms with Crippen LogP contribution in [0, 0.1) is 12.3 Å². The molecule has 1 amide bonds. The fourth-order valence-electron chi connectivity index (χ4n) is 1.84. The average Bonchev–Trinajstić information content (AvgIpc) is 2.43. The van der Waals surface area contributed by atoms with E-state index in [4.69, 9.17) is 23.2 Å². The Labute approximate surface area is 125 Å². The predicted octanol–water partition coefficient (Wildman–Crippen LogP) is 4.42. The van der Waals surface area contributed by atoms with Crippen LogP contribution in [0.4, 0.5) is 0 Å². The van der Waals surface area contributed by atoms with Crippen LogP contribution in [0.15, 0.2) is 18.2 Å². The molecule has 0 aromatic heterocycles. The second-order valence-electron chi connectivity index (χ2n) is 4.99. The second kappa shape index (κ2) is 7.16. The molecule has 106 valence electrons. The lowest BCUT2D eigenvalue weighted by Gasteiger charge is -2.29. The van der Waals surface area contributed by atoms with Gasteiger partial charge in [0.2, 0.25) is 0 Å². The molecule has 0 aliphatic heterocycles. The second-order valence-corrected chi connectivity index (χ2v) is 5.66. The van der Waals surface area contributed by atoms with Crippen molar-refractivity contribution in [2.75, 3.05) is 12.4 Å². The summed E-state index contributed by atoms with van der Waals surface area (Å²) >= 11 is 12.1. The Morgan fingerprint density at radius 2 is 1.95 bits per heavy atom. The van der Waals surface area contributed by atoms with Crippen molar-refractivity contribution in [1.82, 2.24) is 5.32 Å². The molecule has 0 atom stereocenters. The maximum atomic E-state index is 12.1. The molecule has 1 aromatic carbocycles. The molecular weight excluding hydrogens is 281 g/mol. The van der Waals surface area contributed by atoms with E-state index in [1.807, 2.05) is 13.0 Å². The Kier molecular flexibility index (Phi) is 6.15. The van der Waals surface area contributed by atoms with E-state index in [-0.39, 0.29) is 11.3 Å². The third-order valence-corrected chi connectivity index (χ3v) is 4.82. The van der Waals surface area contributed by atoms with Crippen molar-refractivity contribution in [3.05, 3.63) is 34.3 Å². The number of aryl methyl sites for hydroxylation is 1. The van der Waals surface area contributed by atoms with Crippen LogP contribution in [-0.2, 0) is 0 Å². The van der Waals surface area contributed by atoms with Crippen molar-refractivity contribution in [3.63, 3.8) is 0 Å². The first-order chi connectivity index (χ1) is 8.98. The zero-order valence-corrected chi connectivity index (χ0v) is 13.2. The maximum absolute atomic E-state index is 12.1. The van der Waals surface area contributed by atoms with E-state index in [1.165, 1.54) is 0 Å². The number of rotatable bonds is 6. The van der Waals surface area contributed by atoms with Crippen LogP contribution in [0.25, 0.3) is 0 Å². The van der Waals surface area contributed by atoms with E-state index in [2.05, 4.69) is 19.2 Å². The smallest absolute Gasteiger partial charge is 0.251 e. The normalized spacial score (nSPS) is 11.4. The number of amides is 1. The molecule has 0 spiro atoms. The summed E-state index contributed by atoms with van der Waals surface area (Å²) in [5.41, 5.74) is 1.54. The summed E-state index contributed by atoms with van der Waals surface area (Å²) < 4.78 is 0. The molecule has 0 heterocycles. The Morgan fingerprint density at radius 1 is 1.32 bits per heavy atom. The molecule has 0 aliphatic rings. The van der Waals surface area contributed by atoms with Crippen molar-refractivity contribution in [3.8, 4) is 0 Å². The number of nitrogens with one attached hydrogen (secondary N) is 1. The standard InChI is InChI=1S/C15H21Cl2NO/c1-4-15(5-2,9-16)10-18-14(19)12-7-6-11(3)13(17)8-12/h6-8H,4-5,9-10H2,1-3H3,(H,18,19). The fraction of sp³-hybridized carbons (Fsp3) is 0.533. The first kappa shape index (κ1) is 16.3. The summed E-state index contributed by atoms with van der Waals surface area (Å²) in [6.07, 6.45) is 1.89. The quantitative estimate of drug-likeness (QED) is 0.774. The van der Waals surface area contributed by atoms with Crippen LogP contribution >= 0.6 is 23.2 Å². The number of hydrogen-bond donors (Lipinski definition) is 1. The number of carbonyl (C=O) groups is 1. The number of alkyl halides is 1. The molecule has 0 fully saturated rings. The van der Waals surface area contributed by atoms with Gasteiger partial charge in [-0.15, -0.1) is 11.6 Å². The highest BCUT2D eigenvalue weighted by atomic mass is 35.5. The number of benzene rings is 1. The van der Waals surface area contributed by atoms with Crippen molar-refractivity contribution in [1.29, 1.82) is 0 Å². The molecular formula is C15H21Cl2NO. The number of carbonyl (C=O) groups excluding carboxylic acids is 1. The Morgan fingerprint density at radius 3 is 2.42 bits per heavy atom. The summed E-state index contributed by atoms with van der Waals surface area (Å²) in [6, 6.07) is 5.34. The lowest BCUT2D eigenvalue weighted by Crippen LogP contribution is -2.38. The highest BCUT2D eigenvalue weighted by Gasteiger charge is 2.25. The Bertz CT molecular complexity index is 434. The van der Waals surface area contributed by atoms with Gasteiger partial charge in [0.05, 0.1) is 0 Å². The third-order valence-electron chi connectivity index (χ3n) is 3.84. The number of hydrogen-bond acceptors (Lipinski definition) is 1. The van der Waals surface area contributed by atoms with Gasteiger partial charge < -0.3 is 5.32 Å². The van der Waals surface area contributed by atoms with Crippen LogP contribution in [0.3, 0.4) is 0 Å². The average molecular weight is 302 g/mol. The summed E-state index contributed by atoms with van der Waals surface area (Å²) in [5, 5.41) is 3.57. The van der Waals surface area contributed by atoms with E-state index in [9.17, 15) is 4.79 Å². The molecule has 2 nitrogen and oxygen atoms in total. The molecule has 0 saturated carbocycles. The molecule has 0 aliphatic carbocycles. The van der Waals surface area contributed by atoms with Crippen molar-refractivity contribution < 1.29 is 4.79 Å². The first-order valence-electron chi connectivity index (χ1n) is 6.58. The van der Waals surface area contributed by atoms with Gasteiger partial charge in [0.15, 0.2) is 0 Å². The Balaban J connectivity index is 2.72. The van der Waals surface area contributed by atoms with Crippen LogP contribution in [0.5, 0.6) is 0 Å². The summed E-state index contributed by atoms with van der Waals surface area (Å²) in [4.78, 5) is 12.1. The highest BCUT2D eigenvalue weighted by Crippen LogP contribution is 2.27. The van der Waals surface area contributed by atoms with Crippen molar-refractivity contribution in [2.24, 2.45) is 5.41 Å². The van der Waals surface area contributed by atoms with Crippen molar-refractivity contribution in [2.45, 2.75) is 33.6 Å². The summed E-state index contributed by atoms with van der Waals surface area (Å²) in [6.45, 7) is 6.70. The molecule has 0 unspecified atom stereocenters. The van der Waals surface area contributed by atoms with Crippen LogP contribution < -0.4 is 5.32 Å². The van der Waals surface area contributed by atoms with Gasteiger partial charge in [0, 0.05) is 28.4 Å². The van der Waals surface area contributed by atoms with Gasteiger partial charge in [0.1, 0.15) is 0 Å². The molecule has 0 bridgehead atoms. The van der Waals surface area contributed by atoms with Gasteiger partial charge in [-0.05, 0) is 37.5 Å². The Hall–Kier alpha value is -0.730. The minimum atomic E-state index is -0.0988. The van der Waals surface area contributed by atoms with Gasteiger partial charge in [-0.1, -0.05) is 31.5 Å². The minimum absolute atomic E-state index is 0.0221. The van der Waals surface area contributed by atoms with Crippen molar-refractivity contribution >= 4 is 29.1 Å². The van der Waals surface area contributed by atoms with E-state index in [0.29, 0.717) is 23.0 Å². The maximum Gasteiger partial charge on any atom is 0.251 e. The van der Waals surface area contributed by atoms with E-state index in [1.54, 1.807) is 12.1 Å². The zero-order chi connectivity index (χ0) is 14.5. The summed E-state index contributed by atoms with van der Waals surface area (Å²) in [7, 11) is 0. The van der Waals surface area contributed by atoms with Crippen LogP contribution in [-0.4, -0.2) is 18.3 Å². The van der Waals surface area contributed by atoms with Gasteiger partial charge >= 0.3 is 0 Å². The van der Waals surface area contributed by atoms with E-state index < -0.39 is 0 Å². The third kappa shape index (κ3) is 4.12. The predicted molar refractivity (Wildman–Crippen MR) is 82.3 cm³/mol. The lowest BCUT2D eigenvalue weighted by molar-refractivity contribution is 0.0932. The fourth-order valence-corrected chi connectivity index (χ4v) is 2.49. The first-order valence-corrected chi connectivity index (χ1v) is 7.49. The van der Waals surface area contributed by atoms with Crippen LogP contribution in [0.2, 0.25) is 5.02 Å². The highest BCUT2D eigenvalue weighted by molar-refractivity contribution is 6.31. The molecule has 19 heavy (non-hydrogen) atoms. The largest absolute Gasteiger partial charge is 0.351 e. The van der Waals surface area contributed by atoms with Gasteiger partial charge in [-0.3, -0.25) is 4.79 Å². The molecule has 1 rings (SSSR count). The number of halogens is 2. The topological polar surface area (TPSA) is 29.1 Å². The van der Waals surface area contributed by atoms with Crippen LogP contribution in [0.1, 0.15) is 42.6 Å². The minimum Gasteiger partial charge on any atom is -0.351 e. The summed E-state index contributed by atoms with van der Waals surface area (Å²) in [5.74, 6) is 0.452. The lowest BCUT2D eigenvalue weighted by atomic mass is 9.84.